The molecule has 0 spiro atoms. The van der Waals surface area contributed by atoms with E-state index in [-0.39, 0.29) is 19.5 Å². The molecule has 82 valence electrons. The summed E-state index contributed by atoms with van der Waals surface area (Å²) in [6.45, 7) is -0.845. The van der Waals surface area contributed by atoms with Crippen molar-refractivity contribution >= 4 is 18.5 Å². The van der Waals surface area contributed by atoms with E-state index in [9.17, 15) is 0 Å². The fourth-order valence-electron chi connectivity index (χ4n) is 1.07. The van der Waals surface area contributed by atoms with Gasteiger partial charge in [0.1, 0.15) is 0 Å². The van der Waals surface area contributed by atoms with E-state index in [0.29, 0.717) is 6.61 Å². The van der Waals surface area contributed by atoms with Crippen molar-refractivity contribution in [3.8, 4) is 0 Å². The van der Waals surface area contributed by atoms with E-state index in [2.05, 4.69) is 23.3 Å². The molecule has 14 heavy (non-hydrogen) atoms. The Balaban J connectivity index is 0. The van der Waals surface area contributed by atoms with Crippen LogP contribution in [0.15, 0.2) is 0 Å². The molecule has 0 aromatic heterocycles. The fraction of sp³-hybridized carbons (Fsp3) is 1.00. The summed E-state index contributed by atoms with van der Waals surface area (Å²) in [5.41, 5.74) is 0. The van der Waals surface area contributed by atoms with Gasteiger partial charge in [0.2, 0.25) is 0 Å². The zero-order chi connectivity index (χ0) is 10.2. The first kappa shape index (κ1) is 17.5. The molecule has 0 aliphatic heterocycles. The Bertz CT molecular complexity index is 163. The summed E-state index contributed by atoms with van der Waals surface area (Å²) in [5, 5.41) is 0. The number of unbranched alkanes of at least 4 members (excludes halogenated alkanes) is 5. The molecule has 0 saturated heterocycles. The largest absolute Gasteiger partial charge is 0.325 e. The number of hydrogen-bond donors (Lipinski definition) is 2. The zero-order valence-corrected chi connectivity index (χ0v) is 13.5. The van der Waals surface area contributed by atoms with Crippen LogP contribution < -0.4 is 0 Å². The van der Waals surface area contributed by atoms with Gasteiger partial charge in [-0.15, -0.1) is 0 Å². The van der Waals surface area contributed by atoms with Gasteiger partial charge in [0.15, 0.2) is 0 Å². The van der Waals surface area contributed by atoms with Gasteiger partial charge in [-0.25, -0.2) is 0 Å². The second-order valence-electron chi connectivity index (χ2n) is 3.09. The molecule has 6 heteroatoms. The van der Waals surface area contributed by atoms with Gasteiger partial charge in [0.25, 0.3) is 0 Å². The molecule has 2 N–H and O–H groups in total. The SMILES string of the molecule is CCCCCCCCOP(O)(O)=S.[Zn]. The summed E-state index contributed by atoms with van der Waals surface area (Å²) in [7, 11) is 0. The van der Waals surface area contributed by atoms with Crippen molar-refractivity contribution in [2.24, 2.45) is 0 Å². The van der Waals surface area contributed by atoms with E-state index < -0.39 is 6.72 Å². The van der Waals surface area contributed by atoms with Crippen LogP contribution in [0, 0.1) is 0 Å². The van der Waals surface area contributed by atoms with Crippen molar-refractivity contribution in [2.45, 2.75) is 45.4 Å². The van der Waals surface area contributed by atoms with E-state index in [1.165, 1.54) is 25.7 Å². The van der Waals surface area contributed by atoms with Crippen LogP contribution >= 0.6 is 6.72 Å². The summed E-state index contributed by atoms with van der Waals surface area (Å²) in [6.07, 6.45) is 6.90. The van der Waals surface area contributed by atoms with Gasteiger partial charge in [-0.2, -0.15) is 0 Å². The summed E-state index contributed by atoms with van der Waals surface area (Å²) in [4.78, 5) is 17.4. The van der Waals surface area contributed by atoms with Crippen LogP contribution in [0.4, 0.5) is 0 Å². The van der Waals surface area contributed by atoms with Gasteiger partial charge in [-0.05, 0) is 18.2 Å². The van der Waals surface area contributed by atoms with Gasteiger partial charge in [0, 0.05) is 19.5 Å². The van der Waals surface area contributed by atoms with Crippen molar-refractivity contribution < 1.29 is 33.8 Å². The van der Waals surface area contributed by atoms with E-state index >= 15 is 0 Å². The molecule has 0 radical (unpaired) electrons. The first-order valence-corrected chi connectivity index (χ1v) is 7.39. The molecule has 0 aliphatic carbocycles. The minimum absolute atomic E-state index is 0. The van der Waals surface area contributed by atoms with E-state index in [0.717, 1.165) is 12.8 Å². The van der Waals surface area contributed by atoms with Crippen molar-refractivity contribution in [1.29, 1.82) is 0 Å². The molecule has 0 aliphatic rings. The Labute approximate surface area is 104 Å². The predicted octanol–water partition coefficient (Wildman–Crippen LogP) is 2.57. The van der Waals surface area contributed by atoms with Gasteiger partial charge in [-0.1, -0.05) is 39.0 Å². The van der Waals surface area contributed by atoms with Gasteiger partial charge >= 0.3 is 6.72 Å². The Morgan fingerprint density at radius 3 is 2.07 bits per heavy atom. The van der Waals surface area contributed by atoms with Crippen molar-refractivity contribution in [2.75, 3.05) is 6.61 Å². The van der Waals surface area contributed by atoms with Crippen molar-refractivity contribution in [3.05, 3.63) is 0 Å². The smallest absolute Gasteiger partial charge is 0.321 e. The second-order valence-corrected chi connectivity index (χ2v) is 5.76. The predicted molar refractivity (Wildman–Crippen MR) is 58.1 cm³/mol. The summed E-state index contributed by atoms with van der Waals surface area (Å²) in [6, 6.07) is 0. The minimum atomic E-state index is -3.39. The normalized spacial score (nSPS) is 11.1. The maximum Gasteiger partial charge on any atom is 0.321 e. The minimum Gasteiger partial charge on any atom is -0.325 e. The van der Waals surface area contributed by atoms with E-state index in [1.807, 2.05) is 0 Å². The summed E-state index contributed by atoms with van der Waals surface area (Å²) in [5.74, 6) is 0. The van der Waals surface area contributed by atoms with Crippen molar-refractivity contribution in [1.82, 2.24) is 0 Å². The summed E-state index contributed by atoms with van der Waals surface area (Å²) >= 11 is 4.30. The molecule has 0 amide bonds. The third-order valence-electron chi connectivity index (χ3n) is 1.76. The average Bonchev–Trinajstić information content (AvgIpc) is 2.01. The maximum atomic E-state index is 8.72. The van der Waals surface area contributed by atoms with Gasteiger partial charge < -0.3 is 14.3 Å². The molecule has 0 atom stereocenters. The zero-order valence-electron chi connectivity index (χ0n) is 8.81. The third-order valence-corrected chi connectivity index (χ3v) is 2.59. The molecule has 0 saturated carbocycles. The second kappa shape index (κ2) is 10.7. The molecule has 0 aromatic carbocycles. The van der Waals surface area contributed by atoms with Gasteiger partial charge in [0.05, 0.1) is 6.61 Å². The first-order valence-electron chi connectivity index (χ1n) is 4.76. The molecule has 0 unspecified atom stereocenters. The Kier molecular flexibility index (Phi) is 13.4. The third kappa shape index (κ3) is 15.6. The Morgan fingerprint density at radius 1 is 1.07 bits per heavy atom. The molecule has 0 fully saturated rings. The van der Waals surface area contributed by atoms with Crippen LogP contribution in [0.1, 0.15) is 45.4 Å². The fourth-order valence-corrected chi connectivity index (χ4v) is 1.66. The van der Waals surface area contributed by atoms with E-state index in [1.54, 1.807) is 0 Å². The summed E-state index contributed by atoms with van der Waals surface area (Å²) < 4.78 is 4.67. The van der Waals surface area contributed by atoms with Crippen molar-refractivity contribution in [3.63, 3.8) is 0 Å². The molecule has 0 aromatic rings. The van der Waals surface area contributed by atoms with Crippen LogP contribution in [0.25, 0.3) is 0 Å². The van der Waals surface area contributed by atoms with Crippen LogP contribution in [0.5, 0.6) is 0 Å². The van der Waals surface area contributed by atoms with E-state index in [4.69, 9.17) is 9.79 Å². The average molecular weight is 292 g/mol. The molecule has 0 rings (SSSR count). The molecular weight excluding hydrogens is 273 g/mol. The molecule has 0 bridgehead atoms. The Hall–Kier alpha value is 1.15. The standard InChI is InChI=1S/C8H19O3PS.Zn/c1-2-3-4-5-6-7-8-11-12(9,10)13;/h2-8H2,1H3,(H2,9,10,13);. The maximum absolute atomic E-state index is 8.72. The number of hydrogen-bond acceptors (Lipinski definition) is 2. The van der Waals surface area contributed by atoms with Crippen LogP contribution in [0.3, 0.4) is 0 Å². The van der Waals surface area contributed by atoms with Crippen LogP contribution in [0.2, 0.25) is 0 Å². The molecule has 0 heterocycles. The van der Waals surface area contributed by atoms with Gasteiger partial charge in [-0.3, -0.25) is 0 Å². The topological polar surface area (TPSA) is 49.7 Å². The van der Waals surface area contributed by atoms with Crippen LogP contribution in [-0.4, -0.2) is 16.4 Å². The first-order chi connectivity index (χ1) is 6.06. The Morgan fingerprint density at radius 2 is 1.57 bits per heavy atom. The quantitative estimate of drug-likeness (QED) is 0.410. The van der Waals surface area contributed by atoms with Crippen LogP contribution in [-0.2, 0) is 35.8 Å². The number of rotatable bonds is 8. The monoisotopic (exact) mass is 290 g/mol. The molecular formula is C8H19O3PSZn. The molecule has 3 nitrogen and oxygen atoms in total.